The summed E-state index contributed by atoms with van der Waals surface area (Å²) in [7, 11) is 0. The van der Waals surface area contributed by atoms with E-state index in [1.165, 1.54) is 0 Å². The number of benzene rings is 1. The number of carboxylic acids is 1. The van der Waals surface area contributed by atoms with Gasteiger partial charge in [-0.25, -0.2) is 4.79 Å². The number of aromatic nitrogens is 1. The number of phenols is 1. The Bertz CT molecular complexity index is 701. The van der Waals surface area contributed by atoms with Crippen molar-refractivity contribution in [1.29, 1.82) is 0 Å². The number of nitrogens with one attached hydrogen (secondary N) is 1. The highest BCUT2D eigenvalue weighted by Gasteiger charge is 2.26. The van der Waals surface area contributed by atoms with Crippen LogP contribution >= 0.6 is 0 Å². The first kappa shape index (κ1) is 18.0. The molecule has 3 N–H and O–H groups in total. The number of aliphatic carboxylic acids is 1. The van der Waals surface area contributed by atoms with Crippen LogP contribution < -0.4 is 5.32 Å². The van der Waals surface area contributed by atoms with Gasteiger partial charge in [-0.2, -0.15) is 0 Å². The van der Waals surface area contributed by atoms with Gasteiger partial charge in [-0.3, -0.25) is 4.98 Å². The van der Waals surface area contributed by atoms with Crippen LogP contribution in [0.1, 0.15) is 20.8 Å². The molecule has 6 heteroatoms. The molecular formula is C18H25N3O3. The molecule has 2 rings (SSSR count). The van der Waals surface area contributed by atoms with Crippen LogP contribution in [0.25, 0.3) is 10.9 Å². The van der Waals surface area contributed by atoms with Crippen molar-refractivity contribution in [3.63, 3.8) is 0 Å². The lowest BCUT2D eigenvalue weighted by Crippen LogP contribution is -2.42. The topological polar surface area (TPSA) is 85.7 Å². The fraction of sp³-hybridized carbons (Fsp3) is 0.444. The maximum Gasteiger partial charge on any atom is 0.326 e. The summed E-state index contributed by atoms with van der Waals surface area (Å²) in [5.74, 6) is -0.807. The molecule has 0 aliphatic carbocycles. The quantitative estimate of drug-likeness (QED) is 0.690. The largest absolute Gasteiger partial charge is 0.508 e. The Morgan fingerprint density at radius 2 is 2.00 bits per heavy atom. The van der Waals surface area contributed by atoms with Gasteiger partial charge in [-0.15, -0.1) is 0 Å². The molecule has 2 aromatic rings. The molecule has 1 aromatic heterocycles. The second-order valence-electron chi connectivity index (χ2n) is 5.98. The highest BCUT2D eigenvalue weighted by atomic mass is 16.4. The molecule has 2 unspecified atom stereocenters. The SMILES string of the molecule is CCN(CC)CC(C)C(Nc1ccnc2cc(O)ccc12)C(=O)O. The zero-order valence-corrected chi connectivity index (χ0v) is 14.4. The van der Waals surface area contributed by atoms with Gasteiger partial charge in [0.25, 0.3) is 0 Å². The lowest BCUT2D eigenvalue weighted by atomic mass is 10.0. The van der Waals surface area contributed by atoms with E-state index < -0.39 is 12.0 Å². The fourth-order valence-corrected chi connectivity index (χ4v) is 2.87. The van der Waals surface area contributed by atoms with Crippen LogP contribution in [0.3, 0.4) is 0 Å². The summed E-state index contributed by atoms with van der Waals surface area (Å²) < 4.78 is 0. The predicted octanol–water partition coefficient (Wildman–Crippen LogP) is 2.78. The number of rotatable bonds is 8. The van der Waals surface area contributed by atoms with E-state index in [9.17, 15) is 15.0 Å². The number of phenolic OH excluding ortho intramolecular Hbond substituents is 1. The molecule has 0 aliphatic heterocycles. The molecule has 0 saturated heterocycles. The first-order valence-corrected chi connectivity index (χ1v) is 8.25. The number of anilines is 1. The summed E-state index contributed by atoms with van der Waals surface area (Å²) in [5.41, 5.74) is 1.33. The molecule has 24 heavy (non-hydrogen) atoms. The third-order valence-electron chi connectivity index (χ3n) is 4.31. The van der Waals surface area contributed by atoms with Crippen molar-refractivity contribution in [3.8, 4) is 5.75 Å². The first-order valence-electron chi connectivity index (χ1n) is 8.25. The van der Waals surface area contributed by atoms with Gasteiger partial charge in [-0.1, -0.05) is 20.8 Å². The molecule has 6 nitrogen and oxygen atoms in total. The van der Waals surface area contributed by atoms with E-state index in [0.717, 1.165) is 18.5 Å². The van der Waals surface area contributed by atoms with Crippen LogP contribution in [0, 0.1) is 5.92 Å². The molecule has 0 bridgehead atoms. The third kappa shape index (κ3) is 4.14. The van der Waals surface area contributed by atoms with E-state index in [-0.39, 0.29) is 11.7 Å². The van der Waals surface area contributed by atoms with Crippen molar-refractivity contribution < 1.29 is 15.0 Å². The normalized spacial score (nSPS) is 13.8. The average molecular weight is 331 g/mol. The van der Waals surface area contributed by atoms with Crippen LogP contribution in [-0.2, 0) is 4.79 Å². The van der Waals surface area contributed by atoms with Crippen LogP contribution in [0.5, 0.6) is 5.75 Å². The van der Waals surface area contributed by atoms with Crippen LogP contribution in [0.15, 0.2) is 30.5 Å². The highest BCUT2D eigenvalue weighted by Crippen LogP contribution is 2.26. The molecule has 0 saturated carbocycles. The van der Waals surface area contributed by atoms with E-state index in [1.807, 2.05) is 6.92 Å². The Labute approximate surface area is 142 Å². The minimum Gasteiger partial charge on any atom is -0.508 e. The number of carbonyl (C=O) groups is 1. The summed E-state index contributed by atoms with van der Waals surface area (Å²) in [6.45, 7) is 8.58. The maximum atomic E-state index is 11.8. The molecule has 130 valence electrons. The molecule has 0 fully saturated rings. The number of nitrogens with zero attached hydrogens (tertiary/aromatic N) is 2. The first-order chi connectivity index (χ1) is 11.5. The second-order valence-corrected chi connectivity index (χ2v) is 5.98. The monoisotopic (exact) mass is 331 g/mol. The van der Waals surface area contributed by atoms with Crippen molar-refractivity contribution >= 4 is 22.6 Å². The lowest BCUT2D eigenvalue weighted by molar-refractivity contribution is -0.139. The molecule has 0 aliphatic rings. The number of fused-ring (bicyclic) bond motifs is 1. The van der Waals surface area contributed by atoms with Gasteiger partial charge in [0.2, 0.25) is 0 Å². The Kier molecular flexibility index (Phi) is 5.98. The molecular weight excluding hydrogens is 306 g/mol. The van der Waals surface area contributed by atoms with Crippen LogP contribution in [0.2, 0.25) is 0 Å². The summed E-state index contributed by atoms with van der Waals surface area (Å²) in [6, 6.07) is 5.94. The number of hydrogen-bond acceptors (Lipinski definition) is 5. The Hall–Kier alpha value is -2.34. The van der Waals surface area contributed by atoms with E-state index in [0.29, 0.717) is 17.7 Å². The molecule has 0 spiro atoms. The second kappa shape index (κ2) is 7.97. The number of aromatic hydroxyl groups is 1. The molecule has 1 heterocycles. The summed E-state index contributed by atoms with van der Waals surface area (Å²) >= 11 is 0. The van der Waals surface area contributed by atoms with Crippen LogP contribution in [-0.4, -0.2) is 51.7 Å². The minimum atomic E-state index is -0.876. The average Bonchev–Trinajstić information content (AvgIpc) is 2.56. The number of carboxylic acid groups (broad SMARTS) is 1. The van der Waals surface area contributed by atoms with Gasteiger partial charge in [0.15, 0.2) is 0 Å². The van der Waals surface area contributed by atoms with Gasteiger partial charge in [0.05, 0.1) is 5.52 Å². The van der Waals surface area contributed by atoms with Gasteiger partial charge < -0.3 is 20.4 Å². The van der Waals surface area contributed by atoms with Gasteiger partial charge >= 0.3 is 5.97 Å². The summed E-state index contributed by atoms with van der Waals surface area (Å²) in [6.07, 6.45) is 1.61. The smallest absolute Gasteiger partial charge is 0.326 e. The van der Waals surface area contributed by atoms with Gasteiger partial charge in [0, 0.05) is 29.9 Å². The number of hydrogen-bond donors (Lipinski definition) is 3. The van der Waals surface area contributed by atoms with Crippen molar-refractivity contribution in [2.24, 2.45) is 5.92 Å². The van der Waals surface area contributed by atoms with Crippen molar-refractivity contribution in [2.75, 3.05) is 25.0 Å². The van der Waals surface area contributed by atoms with Crippen molar-refractivity contribution in [1.82, 2.24) is 9.88 Å². The lowest BCUT2D eigenvalue weighted by Gasteiger charge is -2.28. The predicted molar refractivity (Wildman–Crippen MR) is 95.4 cm³/mol. The summed E-state index contributed by atoms with van der Waals surface area (Å²) in [4.78, 5) is 18.2. The fourth-order valence-electron chi connectivity index (χ4n) is 2.87. The van der Waals surface area contributed by atoms with E-state index in [4.69, 9.17) is 0 Å². The van der Waals surface area contributed by atoms with Crippen molar-refractivity contribution in [2.45, 2.75) is 26.8 Å². The van der Waals surface area contributed by atoms with Crippen LogP contribution in [0.4, 0.5) is 5.69 Å². The Morgan fingerprint density at radius 3 is 2.62 bits per heavy atom. The zero-order chi connectivity index (χ0) is 17.7. The number of pyridine rings is 1. The maximum absolute atomic E-state index is 11.8. The van der Waals surface area contributed by atoms with Gasteiger partial charge in [-0.05, 0) is 37.2 Å². The summed E-state index contributed by atoms with van der Waals surface area (Å²) in [5, 5.41) is 23.2. The standard InChI is InChI=1S/C18H25N3O3/c1-4-21(5-2)11-12(3)17(18(23)24)20-15-8-9-19-16-10-13(22)6-7-14(15)16/h6-10,12,17,22H,4-5,11H2,1-3H3,(H,19,20)(H,23,24). The van der Waals surface area contributed by atoms with Gasteiger partial charge in [0.1, 0.15) is 11.8 Å². The van der Waals surface area contributed by atoms with E-state index in [2.05, 4.69) is 29.0 Å². The molecule has 1 aromatic carbocycles. The highest BCUT2D eigenvalue weighted by molar-refractivity contribution is 5.93. The minimum absolute atomic E-state index is 0.0669. The zero-order valence-electron chi connectivity index (χ0n) is 14.4. The van der Waals surface area contributed by atoms with E-state index >= 15 is 0 Å². The Morgan fingerprint density at radius 1 is 1.29 bits per heavy atom. The van der Waals surface area contributed by atoms with E-state index in [1.54, 1.807) is 30.5 Å². The van der Waals surface area contributed by atoms with Crippen molar-refractivity contribution in [3.05, 3.63) is 30.5 Å². The molecule has 0 radical (unpaired) electrons. The Balaban J connectivity index is 2.26. The third-order valence-corrected chi connectivity index (χ3v) is 4.31. The molecule has 0 amide bonds. The molecule has 2 atom stereocenters.